The lowest BCUT2D eigenvalue weighted by atomic mass is 10.2. The van der Waals surface area contributed by atoms with E-state index in [2.05, 4.69) is 0 Å². The van der Waals surface area contributed by atoms with Crippen LogP contribution in [0.15, 0.2) is 0 Å². The largest absolute Gasteiger partial charge is 0.481 e. The predicted molar refractivity (Wildman–Crippen MR) is 37.1 cm³/mol. The van der Waals surface area contributed by atoms with Crippen LogP contribution < -0.4 is 5.73 Å². The maximum Gasteiger partial charge on any atom is 0.303 e. The highest BCUT2D eigenvalue weighted by molar-refractivity contribution is 7.25. The fourth-order valence-electron chi connectivity index (χ4n) is 0.406. The van der Waals surface area contributed by atoms with Gasteiger partial charge in [0, 0.05) is 6.42 Å². The number of rotatable bonds is 4. The molecule has 0 aromatic carbocycles. The summed E-state index contributed by atoms with van der Waals surface area (Å²) in [7, 11) is -0.209. The number of carbonyl (C=O) groups is 1. The summed E-state index contributed by atoms with van der Waals surface area (Å²) < 4.78 is 10.2. The molecule has 3 N–H and O–H groups in total. The van der Waals surface area contributed by atoms with Crippen molar-refractivity contribution >= 4 is 14.4 Å². The Morgan fingerprint density at radius 2 is 2.30 bits per heavy atom. The summed E-state index contributed by atoms with van der Waals surface area (Å²) >= 11 is 0. The predicted octanol–water partition coefficient (Wildman–Crippen LogP) is 0.818. The number of nitrogens with two attached hydrogens (primary N) is 1. The smallest absolute Gasteiger partial charge is 0.303 e. The molecule has 0 rings (SSSR count). The van der Waals surface area contributed by atoms with Gasteiger partial charge in [-0.25, -0.2) is 0 Å². The van der Waals surface area contributed by atoms with Crippen LogP contribution in [0.3, 0.4) is 0 Å². The van der Waals surface area contributed by atoms with E-state index >= 15 is 0 Å². The SMILES string of the molecule is CC(N)(CCC(=O)O)P=O. The molecular weight excluding hydrogens is 153 g/mol. The number of aliphatic carboxylic acids is 1. The third kappa shape index (κ3) is 4.41. The number of carboxylic acid groups (broad SMARTS) is 1. The Morgan fingerprint density at radius 3 is 2.60 bits per heavy atom. The molecule has 0 aliphatic rings. The lowest BCUT2D eigenvalue weighted by Crippen LogP contribution is -2.29. The van der Waals surface area contributed by atoms with Crippen molar-refractivity contribution in [2.45, 2.75) is 25.0 Å². The lowest BCUT2D eigenvalue weighted by molar-refractivity contribution is -0.137. The molecule has 0 saturated heterocycles. The minimum absolute atomic E-state index is 0.0394. The highest BCUT2D eigenvalue weighted by Crippen LogP contribution is 2.20. The average molecular weight is 163 g/mol. The molecule has 0 amide bonds. The first kappa shape index (κ1) is 9.53. The van der Waals surface area contributed by atoms with Crippen molar-refractivity contribution in [3.8, 4) is 0 Å². The van der Waals surface area contributed by atoms with Crippen molar-refractivity contribution in [2.75, 3.05) is 0 Å². The van der Waals surface area contributed by atoms with E-state index in [1.54, 1.807) is 6.92 Å². The first-order valence-corrected chi connectivity index (χ1v) is 3.64. The van der Waals surface area contributed by atoms with Crippen molar-refractivity contribution in [1.29, 1.82) is 0 Å². The van der Waals surface area contributed by atoms with Gasteiger partial charge in [0.05, 0.1) is 5.28 Å². The molecule has 0 aromatic rings. The van der Waals surface area contributed by atoms with Crippen LogP contribution in [0.1, 0.15) is 19.8 Å². The zero-order valence-corrected chi connectivity index (χ0v) is 6.60. The molecule has 0 saturated carbocycles. The van der Waals surface area contributed by atoms with E-state index in [0.717, 1.165) is 0 Å². The van der Waals surface area contributed by atoms with Gasteiger partial charge in [-0.3, -0.25) is 9.36 Å². The van der Waals surface area contributed by atoms with Gasteiger partial charge in [0.15, 0.2) is 8.46 Å². The highest BCUT2D eigenvalue weighted by Gasteiger charge is 2.19. The second kappa shape index (κ2) is 3.64. The Balaban J connectivity index is 3.67. The third-order valence-corrected chi connectivity index (χ3v) is 1.69. The zero-order chi connectivity index (χ0) is 8.20. The second-order valence-corrected chi connectivity index (χ2v) is 3.55. The van der Waals surface area contributed by atoms with Crippen LogP contribution in [-0.2, 0) is 9.36 Å². The Morgan fingerprint density at radius 1 is 1.80 bits per heavy atom. The van der Waals surface area contributed by atoms with Gasteiger partial charge in [-0.05, 0) is 13.3 Å². The number of carboxylic acids is 1. The summed E-state index contributed by atoms with van der Waals surface area (Å²) in [4.78, 5) is 10.0. The molecule has 10 heavy (non-hydrogen) atoms. The topological polar surface area (TPSA) is 80.4 Å². The number of hydrogen-bond acceptors (Lipinski definition) is 3. The van der Waals surface area contributed by atoms with E-state index in [1.807, 2.05) is 0 Å². The maximum atomic E-state index is 10.2. The van der Waals surface area contributed by atoms with E-state index in [9.17, 15) is 9.36 Å². The normalized spacial score (nSPS) is 16.6. The second-order valence-electron chi connectivity index (χ2n) is 2.34. The lowest BCUT2D eigenvalue weighted by Gasteiger charge is -2.12. The first-order chi connectivity index (χ1) is 4.48. The summed E-state index contributed by atoms with van der Waals surface area (Å²) in [5.74, 6) is -0.916. The van der Waals surface area contributed by atoms with Crippen LogP contribution in [0.5, 0.6) is 0 Å². The minimum atomic E-state index is -0.916. The Kier molecular flexibility index (Phi) is 3.47. The Bertz CT molecular complexity index is 146. The van der Waals surface area contributed by atoms with E-state index in [1.165, 1.54) is 0 Å². The molecule has 1 atom stereocenters. The van der Waals surface area contributed by atoms with Crippen molar-refractivity contribution in [3.05, 3.63) is 0 Å². The summed E-state index contributed by atoms with van der Waals surface area (Å²) in [6.45, 7) is 1.55. The molecule has 0 radical (unpaired) electrons. The quantitative estimate of drug-likeness (QED) is 0.601. The molecule has 0 bridgehead atoms. The van der Waals surface area contributed by atoms with Gasteiger partial charge in [-0.1, -0.05) is 0 Å². The van der Waals surface area contributed by atoms with Gasteiger partial charge >= 0.3 is 5.97 Å². The highest BCUT2D eigenvalue weighted by atomic mass is 31.1. The standard InChI is InChI=1S/C5H10NO3P/c1-5(6,10-9)3-2-4(7)8/h2-3,6H2,1H3,(H,7,8). The molecule has 0 fully saturated rings. The molecule has 0 spiro atoms. The average Bonchev–Trinajstić information content (AvgIpc) is 1.85. The van der Waals surface area contributed by atoms with Crippen LogP contribution in [0.2, 0.25) is 0 Å². The van der Waals surface area contributed by atoms with Gasteiger partial charge < -0.3 is 10.8 Å². The Labute approximate surface area is 60.6 Å². The van der Waals surface area contributed by atoms with Crippen LogP contribution in [0.25, 0.3) is 0 Å². The fraction of sp³-hybridized carbons (Fsp3) is 0.800. The minimum Gasteiger partial charge on any atom is -0.481 e. The Hall–Kier alpha value is -0.470. The van der Waals surface area contributed by atoms with E-state index in [4.69, 9.17) is 10.8 Å². The first-order valence-electron chi connectivity index (χ1n) is 2.83. The molecule has 0 heterocycles. The van der Waals surface area contributed by atoms with Gasteiger partial charge in [0.25, 0.3) is 0 Å². The van der Waals surface area contributed by atoms with Crippen molar-refractivity contribution in [3.63, 3.8) is 0 Å². The third-order valence-electron chi connectivity index (χ3n) is 1.05. The summed E-state index contributed by atoms with van der Waals surface area (Å²) in [6.07, 6.45) is 0.190. The van der Waals surface area contributed by atoms with Gasteiger partial charge in [-0.2, -0.15) is 0 Å². The van der Waals surface area contributed by atoms with Crippen LogP contribution >= 0.6 is 8.46 Å². The monoisotopic (exact) mass is 163 g/mol. The molecule has 0 aromatic heterocycles. The summed E-state index contributed by atoms with van der Waals surface area (Å²) in [5.41, 5.74) is 5.38. The van der Waals surface area contributed by atoms with E-state index in [-0.39, 0.29) is 21.3 Å². The maximum absolute atomic E-state index is 10.2. The van der Waals surface area contributed by atoms with Crippen LogP contribution in [-0.4, -0.2) is 16.4 Å². The van der Waals surface area contributed by atoms with E-state index < -0.39 is 11.2 Å². The van der Waals surface area contributed by atoms with Crippen molar-refractivity contribution < 1.29 is 14.5 Å². The molecule has 0 aliphatic carbocycles. The fourth-order valence-corrected chi connectivity index (χ4v) is 0.609. The van der Waals surface area contributed by atoms with Crippen LogP contribution in [0, 0.1) is 0 Å². The zero-order valence-electron chi connectivity index (χ0n) is 5.70. The molecular formula is C5H10NO3P. The van der Waals surface area contributed by atoms with Crippen molar-refractivity contribution in [2.24, 2.45) is 5.73 Å². The molecule has 0 aliphatic heterocycles. The van der Waals surface area contributed by atoms with Crippen LogP contribution in [0.4, 0.5) is 0 Å². The molecule has 5 heteroatoms. The number of hydrogen-bond donors (Lipinski definition) is 2. The summed E-state index contributed by atoms with van der Waals surface area (Å²) in [6, 6.07) is 0. The van der Waals surface area contributed by atoms with E-state index in [0.29, 0.717) is 0 Å². The molecule has 4 nitrogen and oxygen atoms in total. The summed E-state index contributed by atoms with van der Waals surface area (Å²) in [5, 5.41) is 7.32. The van der Waals surface area contributed by atoms with Gasteiger partial charge in [-0.15, -0.1) is 0 Å². The van der Waals surface area contributed by atoms with Gasteiger partial charge in [0.2, 0.25) is 0 Å². The van der Waals surface area contributed by atoms with Crippen molar-refractivity contribution in [1.82, 2.24) is 0 Å². The molecule has 1 unspecified atom stereocenters. The van der Waals surface area contributed by atoms with Gasteiger partial charge in [0.1, 0.15) is 0 Å². The molecule has 58 valence electrons.